The number of anilines is 1. The second kappa shape index (κ2) is 8.41. The molecule has 4 rings (SSSR count). The predicted octanol–water partition coefficient (Wildman–Crippen LogP) is 3.76. The van der Waals surface area contributed by atoms with Gasteiger partial charge in [0.25, 0.3) is 0 Å². The Labute approximate surface area is 173 Å². The zero-order chi connectivity index (χ0) is 21.1. The fourth-order valence-electron chi connectivity index (χ4n) is 3.47. The van der Waals surface area contributed by atoms with Gasteiger partial charge in [0, 0.05) is 30.3 Å². The normalized spacial score (nSPS) is 16.0. The van der Waals surface area contributed by atoms with Crippen LogP contribution < -0.4 is 15.0 Å². The fourth-order valence-corrected chi connectivity index (χ4v) is 3.47. The summed E-state index contributed by atoms with van der Waals surface area (Å²) in [5.74, 6) is 0.787. The van der Waals surface area contributed by atoms with Crippen molar-refractivity contribution in [3.8, 4) is 17.1 Å². The van der Waals surface area contributed by atoms with E-state index >= 15 is 0 Å². The minimum absolute atomic E-state index is 0.0972. The number of hydrogen-bond acceptors (Lipinski definition) is 4. The molecule has 0 radical (unpaired) electrons. The number of furan rings is 1. The van der Waals surface area contributed by atoms with E-state index < -0.39 is 5.92 Å². The van der Waals surface area contributed by atoms with Crippen LogP contribution in [0.3, 0.4) is 0 Å². The standard InChI is InChI=1S/C23H21FN2O4/c1-29-19-4-2-3-18(12-19)26-14-16(11-22(26)27)23(28)25-13-20-9-10-21(30-20)15-5-7-17(24)8-6-15/h2-10,12,16H,11,13-14H2,1H3,(H,25,28)/t16-/m1/s1. The van der Waals surface area contributed by atoms with Gasteiger partial charge in [0.15, 0.2) is 0 Å². The quantitative estimate of drug-likeness (QED) is 0.674. The van der Waals surface area contributed by atoms with E-state index in [1.807, 2.05) is 12.1 Å². The number of carbonyl (C=O) groups is 2. The Hall–Kier alpha value is -3.61. The minimum Gasteiger partial charge on any atom is -0.497 e. The topological polar surface area (TPSA) is 71.8 Å². The SMILES string of the molecule is COc1cccc(N2C[C@H](C(=O)NCc3ccc(-c4ccc(F)cc4)o3)CC2=O)c1. The molecule has 1 aromatic heterocycles. The Morgan fingerprint density at radius 2 is 2.00 bits per heavy atom. The number of halogens is 1. The molecule has 30 heavy (non-hydrogen) atoms. The van der Waals surface area contributed by atoms with Crippen LogP contribution in [0.4, 0.5) is 10.1 Å². The number of rotatable bonds is 6. The van der Waals surface area contributed by atoms with Crippen molar-refractivity contribution in [2.45, 2.75) is 13.0 Å². The second-order valence-corrected chi connectivity index (χ2v) is 7.10. The summed E-state index contributed by atoms with van der Waals surface area (Å²) in [7, 11) is 1.57. The molecule has 1 N–H and O–H groups in total. The summed E-state index contributed by atoms with van der Waals surface area (Å²) in [5.41, 5.74) is 1.47. The van der Waals surface area contributed by atoms with Crippen LogP contribution in [0, 0.1) is 11.7 Å². The third-order valence-corrected chi connectivity index (χ3v) is 5.09. The predicted molar refractivity (Wildman–Crippen MR) is 109 cm³/mol. The number of hydrogen-bond donors (Lipinski definition) is 1. The average molecular weight is 408 g/mol. The molecular formula is C23H21FN2O4. The Morgan fingerprint density at radius 1 is 1.20 bits per heavy atom. The van der Waals surface area contributed by atoms with Crippen LogP contribution in [0.25, 0.3) is 11.3 Å². The molecule has 7 heteroatoms. The first kappa shape index (κ1) is 19.7. The molecule has 0 unspecified atom stereocenters. The molecular weight excluding hydrogens is 387 g/mol. The summed E-state index contributed by atoms with van der Waals surface area (Å²) >= 11 is 0. The van der Waals surface area contributed by atoms with Gasteiger partial charge < -0.3 is 19.4 Å². The van der Waals surface area contributed by atoms with Crippen molar-refractivity contribution in [1.29, 1.82) is 0 Å². The molecule has 154 valence electrons. The highest BCUT2D eigenvalue weighted by atomic mass is 19.1. The van der Waals surface area contributed by atoms with E-state index in [-0.39, 0.29) is 30.6 Å². The third kappa shape index (κ3) is 4.20. The number of nitrogens with zero attached hydrogens (tertiary/aromatic N) is 1. The fraction of sp³-hybridized carbons (Fsp3) is 0.217. The molecule has 3 aromatic rings. The van der Waals surface area contributed by atoms with Gasteiger partial charge in [-0.3, -0.25) is 9.59 Å². The molecule has 2 aromatic carbocycles. The van der Waals surface area contributed by atoms with Crippen molar-refractivity contribution in [2.24, 2.45) is 5.92 Å². The molecule has 1 saturated heterocycles. The molecule has 1 atom stereocenters. The number of carbonyl (C=O) groups excluding carboxylic acids is 2. The van der Waals surface area contributed by atoms with Crippen molar-refractivity contribution in [3.63, 3.8) is 0 Å². The summed E-state index contributed by atoms with van der Waals surface area (Å²) in [4.78, 5) is 26.6. The maximum atomic E-state index is 13.1. The second-order valence-electron chi connectivity index (χ2n) is 7.10. The molecule has 2 heterocycles. The van der Waals surface area contributed by atoms with Crippen LogP contribution in [-0.2, 0) is 16.1 Å². The molecule has 1 aliphatic heterocycles. The van der Waals surface area contributed by atoms with Gasteiger partial charge in [0.2, 0.25) is 11.8 Å². The van der Waals surface area contributed by atoms with E-state index in [0.717, 1.165) is 5.56 Å². The van der Waals surface area contributed by atoms with Crippen molar-refractivity contribution in [3.05, 3.63) is 72.2 Å². The molecule has 6 nitrogen and oxygen atoms in total. The van der Waals surface area contributed by atoms with Crippen molar-refractivity contribution >= 4 is 17.5 Å². The Kier molecular flexibility index (Phi) is 5.52. The highest BCUT2D eigenvalue weighted by Gasteiger charge is 2.35. The summed E-state index contributed by atoms with van der Waals surface area (Å²) in [6, 6.07) is 16.7. The summed E-state index contributed by atoms with van der Waals surface area (Å²) in [5, 5.41) is 2.83. The maximum Gasteiger partial charge on any atom is 0.227 e. The number of nitrogens with one attached hydrogen (secondary N) is 1. The molecule has 1 aliphatic rings. The summed E-state index contributed by atoms with van der Waals surface area (Å²) in [6.07, 6.45) is 0.155. The lowest BCUT2D eigenvalue weighted by molar-refractivity contribution is -0.126. The summed E-state index contributed by atoms with van der Waals surface area (Å²) < 4.78 is 24.0. The summed E-state index contributed by atoms with van der Waals surface area (Å²) in [6.45, 7) is 0.528. The van der Waals surface area contributed by atoms with E-state index in [4.69, 9.17) is 9.15 Å². The zero-order valence-corrected chi connectivity index (χ0v) is 16.4. The van der Waals surface area contributed by atoms with Crippen LogP contribution in [0.1, 0.15) is 12.2 Å². The molecule has 0 aliphatic carbocycles. The van der Waals surface area contributed by atoms with Crippen LogP contribution in [0.5, 0.6) is 5.75 Å². The van der Waals surface area contributed by atoms with Crippen LogP contribution in [-0.4, -0.2) is 25.5 Å². The molecule has 0 saturated carbocycles. The van der Waals surface area contributed by atoms with E-state index in [2.05, 4.69) is 5.32 Å². The van der Waals surface area contributed by atoms with E-state index in [9.17, 15) is 14.0 Å². The lowest BCUT2D eigenvalue weighted by Crippen LogP contribution is -2.32. The van der Waals surface area contributed by atoms with E-state index in [1.54, 1.807) is 48.4 Å². The molecule has 2 amide bonds. The van der Waals surface area contributed by atoms with Gasteiger partial charge in [-0.25, -0.2) is 4.39 Å². The van der Waals surface area contributed by atoms with Crippen molar-refractivity contribution in [1.82, 2.24) is 5.32 Å². The van der Waals surface area contributed by atoms with Gasteiger partial charge in [-0.05, 0) is 48.5 Å². The largest absolute Gasteiger partial charge is 0.497 e. The number of methoxy groups -OCH3 is 1. The smallest absolute Gasteiger partial charge is 0.227 e. The number of benzene rings is 2. The zero-order valence-electron chi connectivity index (χ0n) is 16.4. The first-order valence-corrected chi connectivity index (χ1v) is 9.60. The maximum absolute atomic E-state index is 13.1. The third-order valence-electron chi connectivity index (χ3n) is 5.09. The Morgan fingerprint density at radius 3 is 2.77 bits per heavy atom. The van der Waals surface area contributed by atoms with Gasteiger partial charge in [-0.2, -0.15) is 0 Å². The molecule has 1 fully saturated rings. The van der Waals surface area contributed by atoms with E-state index in [1.165, 1.54) is 12.1 Å². The number of ether oxygens (including phenoxy) is 1. The average Bonchev–Trinajstić information content (AvgIpc) is 3.39. The lowest BCUT2D eigenvalue weighted by Gasteiger charge is -2.17. The van der Waals surface area contributed by atoms with Crippen molar-refractivity contribution in [2.75, 3.05) is 18.6 Å². The number of amides is 2. The highest BCUT2D eigenvalue weighted by molar-refractivity contribution is 6.00. The molecule has 0 bridgehead atoms. The highest BCUT2D eigenvalue weighted by Crippen LogP contribution is 2.28. The Bertz CT molecular complexity index is 1060. The van der Waals surface area contributed by atoms with Crippen LogP contribution in [0.15, 0.2) is 65.1 Å². The van der Waals surface area contributed by atoms with Crippen LogP contribution >= 0.6 is 0 Å². The minimum atomic E-state index is -0.435. The monoisotopic (exact) mass is 408 g/mol. The first-order valence-electron chi connectivity index (χ1n) is 9.60. The van der Waals surface area contributed by atoms with Gasteiger partial charge in [-0.15, -0.1) is 0 Å². The lowest BCUT2D eigenvalue weighted by atomic mass is 10.1. The first-order chi connectivity index (χ1) is 14.5. The van der Waals surface area contributed by atoms with Crippen molar-refractivity contribution < 1.29 is 23.1 Å². The van der Waals surface area contributed by atoms with Gasteiger partial charge in [0.1, 0.15) is 23.1 Å². The van der Waals surface area contributed by atoms with Gasteiger partial charge in [0.05, 0.1) is 19.6 Å². The van der Waals surface area contributed by atoms with Crippen LogP contribution in [0.2, 0.25) is 0 Å². The van der Waals surface area contributed by atoms with Gasteiger partial charge in [-0.1, -0.05) is 6.07 Å². The van der Waals surface area contributed by atoms with E-state index in [0.29, 0.717) is 29.5 Å². The Balaban J connectivity index is 1.35. The molecule has 0 spiro atoms. The van der Waals surface area contributed by atoms with Gasteiger partial charge >= 0.3 is 0 Å².